The van der Waals surface area contributed by atoms with Gasteiger partial charge in [-0.3, -0.25) is 4.98 Å². The van der Waals surface area contributed by atoms with E-state index in [1.54, 1.807) is 13.3 Å². The molecule has 0 saturated carbocycles. The van der Waals surface area contributed by atoms with E-state index >= 15 is 0 Å². The second-order valence-electron chi connectivity index (χ2n) is 2.73. The number of nitrogens with zero attached hydrogens (tertiary/aromatic N) is 1. The third-order valence-electron chi connectivity index (χ3n) is 1.84. The lowest BCUT2D eigenvalue weighted by atomic mass is 10.3. The fraction of sp³-hybridized carbons (Fsp3) is 0.364. The van der Waals surface area contributed by atoms with Crippen molar-refractivity contribution in [2.75, 3.05) is 7.11 Å². The molecule has 2 aromatic rings. The Labute approximate surface area is 84.1 Å². The highest BCUT2D eigenvalue weighted by Crippen LogP contribution is 2.22. The highest BCUT2D eigenvalue weighted by molar-refractivity contribution is 5.82. The lowest BCUT2D eigenvalue weighted by Gasteiger charge is -1.98. The molecule has 0 fully saturated rings. The van der Waals surface area contributed by atoms with Gasteiger partial charge in [0.05, 0.1) is 12.6 Å². The first-order valence-corrected chi connectivity index (χ1v) is 4.79. The summed E-state index contributed by atoms with van der Waals surface area (Å²) in [4.78, 5) is 7.39. The summed E-state index contributed by atoms with van der Waals surface area (Å²) >= 11 is 0. The number of nitrogens with one attached hydrogen (secondary N) is 1. The maximum Gasteiger partial charge on any atom is 0.146 e. The van der Waals surface area contributed by atoms with Crippen molar-refractivity contribution < 1.29 is 4.74 Å². The minimum absolute atomic E-state index is 0.841. The van der Waals surface area contributed by atoms with Crippen molar-refractivity contribution in [2.24, 2.45) is 0 Å². The molecule has 0 unspecified atom stereocenters. The molecule has 0 aromatic carbocycles. The largest absolute Gasteiger partial charge is 0.494 e. The van der Waals surface area contributed by atoms with Crippen LogP contribution in [0.4, 0.5) is 0 Å². The van der Waals surface area contributed by atoms with Crippen LogP contribution >= 0.6 is 0 Å². The van der Waals surface area contributed by atoms with Crippen molar-refractivity contribution in [2.45, 2.75) is 20.8 Å². The summed E-state index contributed by atoms with van der Waals surface area (Å²) < 4.78 is 5.17. The first kappa shape index (κ1) is 10.6. The van der Waals surface area contributed by atoms with E-state index in [0.717, 1.165) is 22.5 Å². The number of hydrogen-bond donors (Lipinski definition) is 1. The van der Waals surface area contributed by atoms with Gasteiger partial charge in [0.25, 0.3) is 0 Å². The summed E-state index contributed by atoms with van der Waals surface area (Å²) in [5.74, 6) is 0.841. The number of ether oxygens (including phenoxy) is 1. The van der Waals surface area contributed by atoms with Crippen LogP contribution in [0.25, 0.3) is 11.0 Å². The van der Waals surface area contributed by atoms with Gasteiger partial charge in [-0.05, 0) is 13.0 Å². The first-order valence-electron chi connectivity index (χ1n) is 4.79. The van der Waals surface area contributed by atoms with Crippen LogP contribution in [0.15, 0.2) is 18.3 Å². The molecule has 0 radical (unpaired) electrons. The van der Waals surface area contributed by atoms with Gasteiger partial charge >= 0.3 is 0 Å². The van der Waals surface area contributed by atoms with Crippen LogP contribution in [-0.2, 0) is 0 Å². The molecule has 0 spiro atoms. The van der Waals surface area contributed by atoms with E-state index in [1.165, 1.54) is 0 Å². The normalized spacial score (nSPS) is 9.43. The Balaban J connectivity index is 0.000000461. The van der Waals surface area contributed by atoms with Gasteiger partial charge in [-0.25, -0.2) is 0 Å². The van der Waals surface area contributed by atoms with Crippen molar-refractivity contribution in [1.82, 2.24) is 9.97 Å². The van der Waals surface area contributed by atoms with Crippen LogP contribution in [0.3, 0.4) is 0 Å². The maximum atomic E-state index is 5.17. The summed E-state index contributed by atoms with van der Waals surface area (Å²) in [7, 11) is 1.66. The lowest BCUT2D eigenvalue weighted by molar-refractivity contribution is 0.418. The average Bonchev–Trinajstić information content (AvgIpc) is 2.60. The molecule has 0 saturated heterocycles. The molecule has 14 heavy (non-hydrogen) atoms. The first-order chi connectivity index (χ1) is 6.81. The number of hydrogen-bond acceptors (Lipinski definition) is 2. The van der Waals surface area contributed by atoms with Gasteiger partial charge in [0.1, 0.15) is 11.3 Å². The minimum Gasteiger partial charge on any atom is -0.494 e. The molecule has 2 heterocycles. The Morgan fingerprint density at radius 2 is 2.07 bits per heavy atom. The fourth-order valence-electron chi connectivity index (χ4n) is 1.30. The Morgan fingerprint density at radius 3 is 2.71 bits per heavy atom. The van der Waals surface area contributed by atoms with Gasteiger partial charge in [0.15, 0.2) is 0 Å². The highest BCUT2D eigenvalue weighted by Gasteiger charge is 2.03. The molecule has 2 aromatic heterocycles. The van der Waals surface area contributed by atoms with Crippen LogP contribution in [0.2, 0.25) is 0 Å². The second kappa shape index (κ2) is 4.65. The number of aryl methyl sites for hydroxylation is 1. The van der Waals surface area contributed by atoms with Crippen molar-refractivity contribution in [3.8, 4) is 5.75 Å². The van der Waals surface area contributed by atoms with Gasteiger partial charge in [-0.1, -0.05) is 13.8 Å². The van der Waals surface area contributed by atoms with Gasteiger partial charge in [-0.2, -0.15) is 0 Å². The van der Waals surface area contributed by atoms with Crippen LogP contribution in [0.5, 0.6) is 5.75 Å². The molecular formula is C11H16N2O. The monoisotopic (exact) mass is 192 g/mol. The molecular weight excluding hydrogens is 176 g/mol. The summed E-state index contributed by atoms with van der Waals surface area (Å²) in [6.45, 7) is 6.00. The van der Waals surface area contributed by atoms with Gasteiger partial charge in [0.2, 0.25) is 0 Å². The Morgan fingerprint density at radius 1 is 1.36 bits per heavy atom. The minimum atomic E-state index is 0.841. The van der Waals surface area contributed by atoms with Crippen LogP contribution in [-0.4, -0.2) is 17.1 Å². The molecule has 76 valence electrons. The number of rotatable bonds is 1. The standard InChI is InChI=1S/C9H10N2O.C2H6/c1-6-5-7-9(11-6)8(12-2)3-4-10-7;1-2/h3-5,11H,1-2H3;1-2H3. The molecule has 0 aliphatic carbocycles. The molecule has 0 atom stereocenters. The number of aromatic nitrogens is 2. The third kappa shape index (κ3) is 1.87. The molecule has 0 bridgehead atoms. The smallest absolute Gasteiger partial charge is 0.146 e. The fourth-order valence-corrected chi connectivity index (χ4v) is 1.30. The highest BCUT2D eigenvalue weighted by atomic mass is 16.5. The average molecular weight is 192 g/mol. The van der Waals surface area contributed by atoms with Crippen LogP contribution in [0.1, 0.15) is 19.5 Å². The maximum absolute atomic E-state index is 5.17. The van der Waals surface area contributed by atoms with E-state index < -0.39 is 0 Å². The van der Waals surface area contributed by atoms with E-state index in [1.807, 2.05) is 32.9 Å². The van der Waals surface area contributed by atoms with Gasteiger partial charge in [-0.15, -0.1) is 0 Å². The molecule has 2 rings (SSSR count). The van der Waals surface area contributed by atoms with E-state index in [9.17, 15) is 0 Å². The zero-order chi connectivity index (χ0) is 10.6. The molecule has 1 N–H and O–H groups in total. The predicted molar refractivity (Wildman–Crippen MR) is 58.7 cm³/mol. The Hall–Kier alpha value is -1.51. The number of aromatic amines is 1. The van der Waals surface area contributed by atoms with E-state index in [2.05, 4.69) is 9.97 Å². The summed E-state index contributed by atoms with van der Waals surface area (Å²) in [5, 5.41) is 0. The van der Waals surface area contributed by atoms with E-state index in [0.29, 0.717) is 0 Å². The number of fused-ring (bicyclic) bond motifs is 1. The Bertz CT molecular complexity index is 407. The van der Waals surface area contributed by atoms with Crippen molar-refractivity contribution >= 4 is 11.0 Å². The SMILES string of the molecule is CC.COc1ccnc2cc(C)[nH]c12. The Kier molecular flexibility index (Phi) is 3.51. The van der Waals surface area contributed by atoms with Crippen molar-refractivity contribution in [1.29, 1.82) is 0 Å². The van der Waals surface area contributed by atoms with Gasteiger partial charge in [0, 0.05) is 18.0 Å². The van der Waals surface area contributed by atoms with E-state index in [-0.39, 0.29) is 0 Å². The lowest BCUT2D eigenvalue weighted by Crippen LogP contribution is -1.84. The second-order valence-corrected chi connectivity index (χ2v) is 2.73. The van der Waals surface area contributed by atoms with Crippen LogP contribution in [0, 0.1) is 6.92 Å². The quantitative estimate of drug-likeness (QED) is 0.754. The molecule has 3 nitrogen and oxygen atoms in total. The molecule has 3 heteroatoms. The van der Waals surface area contributed by atoms with Crippen molar-refractivity contribution in [3.63, 3.8) is 0 Å². The number of H-pyrrole nitrogens is 1. The van der Waals surface area contributed by atoms with E-state index in [4.69, 9.17) is 4.74 Å². The van der Waals surface area contributed by atoms with Crippen molar-refractivity contribution in [3.05, 3.63) is 24.0 Å². The number of pyridine rings is 1. The third-order valence-corrected chi connectivity index (χ3v) is 1.84. The number of methoxy groups -OCH3 is 1. The summed E-state index contributed by atoms with van der Waals surface area (Å²) in [6, 6.07) is 3.84. The predicted octanol–water partition coefficient (Wildman–Crippen LogP) is 2.91. The topological polar surface area (TPSA) is 37.9 Å². The summed E-state index contributed by atoms with van der Waals surface area (Å²) in [5.41, 5.74) is 3.02. The summed E-state index contributed by atoms with van der Waals surface area (Å²) in [6.07, 6.45) is 1.74. The van der Waals surface area contributed by atoms with Gasteiger partial charge < -0.3 is 9.72 Å². The zero-order valence-electron chi connectivity index (χ0n) is 9.09. The molecule has 0 aliphatic heterocycles. The van der Waals surface area contributed by atoms with Crippen LogP contribution < -0.4 is 4.74 Å². The molecule has 0 amide bonds. The zero-order valence-corrected chi connectivity index (χ0v) is 9.09. The molecule has 0 aliphatic rings.